The van der Waals surface area contributed by atoms with Gasteiger partial charge in [-0.3, -0.25) is 0 Å². The molecule has 29 heavy (non-hydrogen) atoms. The smallest absolute Gasteiger partial charge is 0.323 e. The molecule has 0 bridgehead atoms. The van der Waals surface area contributed by atoms with Crippen LogP contribution in [0.1, 0.15) is 30.0 Å². The van der Waals surface area contributed by atoms with Crippen molar-refractivity contribution in [1.29, 1.82) is 0 Å². The summed E-state index contributed by atoms with van der Waals surface area (Å²) in [6.07, 6.45) is 3.87. The predicted molar refractivity (Wildman–Crippen MR) is 116 cm³/mol. The Kier molecular flexibility index (Phi) is 5.70. The number of anilines is 3. The number of carbonyl (C=O) groups excluding carboxylic acids is 1. The van der Waals surface area contributed by atoms with E-state index >= 15 is 0 Å². The molecule has 0 saturated carbocycles. The molecule has 1 atom stereocenters. The van der Waals surface area contributed by atoms with Gasteiger partial charge in [-0.2, -0.15) is 0 Å². The van der Waals surface area contributed by atoms with Crippen LogP contribution in [0.3, 0.4) is 0 Å². The van der Waals surface area contributed by atoms with Crippen LogP contribution in [-0.2, 0) is 0 Å². The first kappa shape index (κ1) is 18.9. The Morgan fingerprint density at radius 1 is 1.00 bits per heavy atom. The van der Waals surface area contributed by atoms with E-state index in [0.29, 0.717) is 5.92 Å². The lowest BCUT2D eigenvalue weighted by Crippen LogP contribution is -2.35. The molecule has 3 aromatic rings. The first-order valence-corrected chi connectivity index (χ1v) is 9.94. The maximum atomic E-state index is 12.3. The molecule has 6 heteroatoms. The van der Waals surface area contributed by atoms with Crippen molar-refractivity contribution >= 4 is 23.2 Å². The number of urea groups is 1. The van der Waals surface area contributed by atoms with Crippen molar-refractivity contribution in [2.45, 2.75) is 25.7 Å². The fourth-order valence-corrected chi connectivity index (χ4v) is 3.76. The highest BCUT2D eigenvalue weighted by Gasteiger charge is 2.22. The van der Waals surface area contributed by atoms with Crippen LogP contribution in [0.4, 0.5) is 22.0 Å². The first-order chi connectivity index (χ1) is 14.2. The lowest BCUT2D eigenvalue weighted by Gasteiger charge is -2.34. The number of rotatable bonds is 4. The second-order valence-corrected chi connectivity index (χ2v) is 7.37. The average molecular weight is 387 g/mol. The zero-order valence-electron chi connectivity index (χ0n) is 16.5. The molecule has 0 spiro atoms. The Morgan fingerprint density at radius 3 is 2.62 bits per heavy atom. The predicted octanol–water partition coefficient (Wildman–Crippen LogP) is 4.81. The summed E-state index contributed by atoms with van der Waals surface area (Å²) < 4.78 is 0. The standard InChI is InChI=1S/C23H25N5O/c1-17-13-22(25-16-24-17)28-12-6-8-19(15-28)18-7-5-11-21(14-18)27-23(29)26-20-9-3-2-4-10-20/h2-5,7,9-11,13-14,16,19H,6,8,12,15H2,1H3,(H2,26,27,29). The van der Waals surface area contributed by atoms with Gasteiger partial charge < -0.3 is 15.5 Å². The van der Waals surface area contributed by atoms with Gasteiger partial charge in [0.25, 0.3) is 0 Å². The van der Waals surface area contributed by atoms with Gasteiger partial charge in [0.1, 0.15) is 12.1 Å². The Balaban J connectivity index is 1.43. The molecular weight excluding hydrogens is 362 g/mol. The topological polar surface area (TPSA) is 70.2 Å². The summed E-state index contributed by atoms with van der Waals surface area (Å²) in [4.78, 5) is 23.3. The summed E-state index contributed by atoms with van der Waals surface area (Å²) in [7, 11) is 0. The Labute approximate surface area is 171 Å². The number of carbonyl (C=O) groups is 1. The number of piperidine rings is 1. The number of nitrogens with one attached hydrogen (secondary N) is 2. The van der Waals surface area contributed by atoms with Crippen LogP contribution in [0.2, 0.25) is 0 Å². The SMILES string of the molecule is Cc1cc(N2CCCC(c3cccc(NC(=O)Nc4ccccc4)c3)C2)ncn1. The van der Waals surface area contributed by atoms with Gasteiger partial charge in [0.05, 0.1) is 0 Å². The largest absolute Gasteiger partial charge is 0.356 e. The number of nitrogens with zero attached hydrogens (tertiary/aromatic N) is 3. The third-order valence-corrected chi connectivity index (χ3v) is 5.18. The fourth-order valence-electron chi connectivity index (χ4n) is 3.76. The van der Waals surface area contributed by atoms with E-state index in [-0.39, 0.29) is 6.03 Å². The van der Waals surface area contributed by atoms with Gasteiger partial charge in [0, 0.05) is 42.1 Å². The molecule has 1 fully saturated rings. The van der Waals surface area contributed by atoms with Gasteiger partial charge in [-0.05, 0) is 49.6 Å². The molecule has 0 aliphatic carbocycles. The van der Waals surface area contributed by atoms with Crippen LogP contribution < -0.4 is 15.5 Å². The molecule has 0 radical (unpaired) electrons. The highest BCUT2D eigenvalue weighted by molar-refractivity contribution is 5.99. The molecule has 4 rings (SSSR count). The summed E-state index contributed by atoms with van der Waals surface area (Å²) in [5, 5.41) is 5.79. The van der Waals surface area contributed by atoms with Crippen molar-refractivity contribution in [3.05, 3.63) is 78.2 Å². The highest BCUT2D eigenvalue weighted by atomic mass is 16.2. The van der Waals surface area contributed by atoms with Crippen LogP contribution in [0, 0.1) is 6.92 Å². The van der Waals surface area contributed by atoms with E-state index in [1.54, 1.807) is 6.33 Å². The van der Waals surface area contributed by atoms with Gasteiger partial charge >= 0.3 is 6.03 Å². The third kappa shape index (κ3) is 4.90. The number of hydrogen-bond acceptors (Lipinski definition) is 4. The quantitative estimate of drug-likeness (QED) is 0.674. The van der Waals surface area contributed by atoms with Gasteiger partial charge in [0.2, 0.25) is 0 Å². The molecule has 2 amide bonds. The van der Waals surface area contributed by atoms with E-state index in [2.05, 4.69) is 37.6 Å². The first-order valence-electron chi connectivity index (χ1n) is 9.94. The molecule has 1 saturated heterocycles. The number of aromatic nitrogens is 2. The number of aryl methyl sites for hydroxylation is 1. The second-order valence-electron chi connectivity index (χ2n) is 7.37. The van der Waals surface area contributed by atoms with Gasteiger partial charge in [0.15, 0.2) is 0 Å². The number of hydrogen-bond donors (Lipinski definition) is 2. The minimum Gasteiger partial charge on any atom is -0.356 e. The zero-order chi connectivity index (χ0) is 20.1. The van der Waals surface area contributed by atoms with Crippen LogP contribution >= 0.6 is 0 Å². The van der Waals surface area contributed by atoms with Crippen LogP contribution in [0.25, 0.3) is 0 Å². The number of amides is 2. The molecule has 1 unspecified atom stereocenters. The lowest BCUT2D eigenvalue weighted by atomic mass is 9.90. The molecule has 1 aliphatic heterocycles. The normalized spacial score (nSPS) is 16.3. The van der Waals surface area contributed by atoms with E-state index in [1.807, 2.05) is 55.5 Å². The molecule has 1 aliphatic rings. The average Bonchev–Trinajstić information content (AvgIpc) is 2.75. The molecular formula is C23H25N5O. The summed E-state index contributed by atoms with van der Waals surface area (Å²) in [5.74, 6) is 1.39. The molecule has 148 valence electrons. The fraction of sp³-hybridized carbons (Fsp3) is 0.261. The highest BCUT2D eigenvalue weighted by Crippen LogP contribution is 2.30. The van der Waals surface area contributed by atoms with Gasteiger partial charge in [-0.1, -0.05) is 30.3 Å². The van der Waals surface area contributed by atoms with Crippen molar-refractivity contribution in [2.75, 3.05) is 28.6 Å². The maximum absolute atomic E-state index is 12.3. The Bertz CT molecular complexity index is 976. The van der Waals surface area contributed by atoms with Gasteiger partial charge in [-0.15, -0.1) is 0 Å². The van der Waals surface area contributed by atoms with Crippen molar-refractivity contribution in [3.63, 3.8) is 0 Å². The van der Waals surface area contributed by atoms with Crippen molar-refractivity contribution in [1.82, 2.24) is 9.97 Å². The zero-order valence-corrected chi connectivity index (χ0v) is 16.5. The van der Waals surface area contributed by atoms with Crippen molar-refractivity contribution in [3.8, 4) is 0 Å². The number of para-hydroxylation sites is 1. The summed E-state index contributed by atoms with van der Waals surface area (Å²) in [6, 6.07) is 19.4. The lowest BCUT2D eigenvalue weighted by molar-refractivity contribution is 0.262. The minimum absolute atomic E-state index is 0.241. The van der Waals surface area contributed by atoms with Crippen LogP contribution in [0.15, 0.2) is 67.0 Å². The molecule has 2 N–H and O–H groups in total. The van der Waals surface area contributed by atoms with E-state index < -0.39 is 0 Å². The maximum Gasteiger partial charge on any atom is 0.323 e. The second kappa shape index (κ2) is 8.73. The Hall–Kier alpha value is -3.41. The molecule has 1 aromatic heterocycles. The number of benzene rings is 2. The third-order valence-electron chi connectivity index (χ3n) is 5.18. The van der Waals surface area contributed by atoms with Gasteiger partial charge in [-0.25, -0.2) is 14.8 Å². The van der Waals surface area contributed by atoms with E-state index in [9.17, 15) is 4.79 Å². The monoisotopic (exact) mass is 387 g/mol. The van der Waals surface area contributed by atoms with Crippen molar-refractivity contribution in [2.24, 2.45) is 0 Å². The van der Waals surface area contributed by atoms with Crippen LogP contribution in [-0.4, -0.2) is 29.1 Å². The van der Waals surface area contributed by atoms with E-state index in [0.717, 1.165) is 48.8 Å². The van der Waals surface area contributed by atoms with Crippen molar-refractivity contribution < 1.29 is 4.79 Å². The Morgan fingerprint density at radius 2 is 1.79 bits per heavy atom. The van der Waals surface area contributed by atoms with E-state index in [4.69, 9.17) is 0 Å². The minimum atomic E-state index is -0.241. The molecule has 2 aromatic carbocycles. The summed E-state index contributed by atoms with van der Waals surface area (Å²) in [5.41, 5.74) is 3.78. The molecule has 6 nitrogen and oxygen atoms in total. The summed E-state index contributed by atoms with van der Waals surface area (Å²) in [6.45, 7) is 3.91. The van der Waals surface area contributed by atoms with E-state index in [1.165, 1.54) is 5.56 Å². The summed E-state index contributed by atoms with van der Waals surface area (Å²) >= 11 is 0. The van der Waals surface area contributed by atoms with Crippen LogP contribution in [0.5, 0.6) is 0 Å². The molecule has 2 heterocycles.